The third-order valence-electron chi connectivity index (χ3n) is 4.69. The summed E-state index contributed by atoms with van der Waals surface area (Å²) < 4.78 is 1.55. The normalized spacial score (nSPS) is 10.6. The fourth-order valence-corrected chi connectivity index (χ4v) is 3.15. The second-order valence-corrected chi connectivity index (χ2v) is 6.64. The lowest BCUT2D eigenvalue weighted by Crippen LogP contribution is -2.37. The van der Waals surface area contributed by atoms with Crippen LogP contribution in [0.3, 0.4) is 0 Å². The lowest BCUT2D eigenvalue weighted by Gasteiger charge is -2.07. The largest absolute Gasteiger partial charge is 0.359 e. The van der Waals surface area contributed by atoms with Crippen molar-refractivity contribution in [1.82, 2.24) is 13.9 Å². The maximum absolute atomic E-state index is 13.2. The molecule has 0 atom stereocenters. The molecule has 158 valence electrons. The highest BCUT2D eigenvalue weighted by Gasteiger charge is 2.27. The summed E-state index contributed by atoms with van der Waals surface area (Å²) in [6, 6.07) is 20.0. The number of carbonyl (C=O) groups excluding carboxylic acids is 2. The number of nitro benzene ring substituents is 1. The van der Waals surface area contributed by atoms with Crippen molar-refractivity contribution in [2.75, 3.05) is 0 Å². The summed E-state index contributed by atoms with van der Waals surface area (Å²) >= 11 is 0. The molecule has 0 saturated heterocycles. The molecule has 10 heteroatoms. The van der Waals surface area contributed by atoms with Gasteiger partial charge in [-0.05, 0) is 36.4 Å². The summed E-state index contributed by atoms with van der Waals surface area (Å²) in [6.45, 7) is 0. The van der Waals surface area contributed by atoms with Crippen molar-refractivity contribution < 1.29 is 14.5 Å². The van der Waals surface area contributed by atoms with E-state index >= 15 is 0 Å². The predicted octanol–water partition coefficient (Wildman–Crippen LogP) is 2.09. The van der Waals surface area contributed by atoms with Crippen molar-refractivity contribution in [2.45, 2.75) is 0 Å². The zero-order valence-electron chi connectivity index (χ0n) is 16.3. The van der Waals surface area contributed by atoms with Crippen LogP contribution in [0.15, 0.2) is 94.5 Å². The number of non-ortho nitro benzene ring substituents is 1. The molecule has 1 heterocycles. The molecule has 0 radical (unpaired) electrons. The maximum atomic E-state index is 13.2. The first kappa shape index (κ1) is 20.4. The van der Waals surface area contributed by atoms with E-state index in [-0.39, 0.29) is 22.5 Å². The van der Waals surface area contributed by atoms with E-state index in [2.05, 4.69) is 0 Å². The average molecular weight is 430 g/mol. The van der Waals surface area contributed by atoms with E-state index in [1.54, 1.807) is 36.4 Å². The van der Waals surface area contributed by atoms with Crippen LogP contribution in [-0.4, -0.2) is 30.7 Å². The molecule has 0 bridgehead atoms. The highest BCUT2D eigenvalue weighted by Crippen LogP contribution is 2.13. The third kappa shape index (κ3) is 3.45. The van der Waals surface area contributed by atoms with Gasteiger partial charge in [-0.3, -0.25) is 19.7 Å². The Morgan fingerprint density at radius 3 is 1.44 bits per heavy atom. The highest BCUT2D eigenvalue weighted by atomic mass is 16.6. The number of rotatable bonds is 4. The number of aromatic nitrogens is 3. The van der Waals surface area contributed by atoms with Gasteiger partial charge in [-0.15, -0.1) is 0 Å². The van der Waals surface area contributed by atoms with Gasteiger partial charge in [0.2, 0.25) is 0 Å². The van der Waals surface area contributed by atoms with E-state index in [1.165, 1.54) is 36.4 Å². The van der Waals surface area contributed by atoms with Gasteiger partial charge in [0, 0.05) is 23.3 Å². The van der Waals surface area contributed by atoms with Gasteiger partial charge in [-0.1, -0.05) is 36.4 Å². The van der Waals surface area contributed by atoms with Gasteiger partial charge in [0.25, 0.3) is 17.5 Å². The molecule has 3 aromatic carbocycles. The molecule has 0 saturated carbocycles. The molecule has 1 aromatic heterocycles. The molecule has 0 unspecified atom stereocenters. The SMILES string of the molecule is O=C(c1ccccc1)n1c(=O)n(-c2ccc([N+](=O)[O-])cc2)c(=O)n1C(=O)c1ccccc1. The van der Waals surface area contributed by atoms with Gasteiger partial charge in [0.05, 0.1) is 10.6 Å². The average Bonchev–Trinajstić information content (AvgIpc) is 3.09. The fourth-order valence-electron chi connectivity index (χ4n) is 3.15. The summed E-state index contributed by atoms with van der Waals surface area (Å²) in [5.41, 5.74) is -2.26. The van der Waals surface area contributed by atoms with Gasteiger partial charge in [-0.2, -0.15) is 9.36 Å². The molecule has 0 fully saturated rings. The van der Waals surface area contributed by atoms with Gasteiger partial charge in [0.15, 0.2) is 0 Å². The zero-order valence-corrected chi connectivity index (χ0v) is 16.3. The van der Waals surface area contributed by atoms with Gasteiger partial charge >= 0.3 is 11.4 Å². The molecule has 0 aliphatic rings. The topological polar surface area (TPSA) is 126 Å². The molecule has 0 N–H and O–H groups in total. The van der Waals surface area contributed by atoms with Crippen molar-refractivity contribution >= 4 is 17.5 Å². The number of benzene rings is 3. The van der Waals surface area contributed by atoms with Crippen molar-refractivity contribution in [1.29, 1.82) is 0 Å². The van der Waals surface area contributed by atoms with Crippen LogP contribution in [0.1, 0.15) is 20.7 Å². The van der Waals surface area contributed by atoms with E-state index in [4.69, 9.17) is 0 Å². The Morgan fingerprint density at radius 2 is 1.06 bits per heavy atom. The Morgan fingerprint density at radius 1 is 0.656 bits per heavy atom. The number of nitrogens with zero attached hydrogens (tertiary/aromatic N) is 4. The van der Waals surface area contributed by atoms with Crippen molar-refractivity contribution in [3.63, 3.8) is 0 Å². The standard InChI is InChI=1S/C22H14N4O6/c27-19(15-7-3-1-4-8-15)24-21(29)23(17-11-13-18(14-12-17)26(31)32)22(30)25(24)20(28)16-9-5-2-6-10-16/h1-14H. The molecule has 4 aromatic rings. The number of hydrogen-bond donors (Lipinski definition) is 0. The van der Waals surface area contributed by atoms with Crippen LogP contribution in [0.5, 0.6) is 0 Å². The fraction of sp³-hybridized carbons (Fsp3) is 0. The lowest BCUT2D eigenvalue weighted by molar-refractivity contribution is -0.384. The quantitative estimate of drug-likeness (QED) is 0.360. The van der Waals surface area contributed by atoms with E-state index in [0.29, 0.717) is 13.9 Å². The summed E-state index contributed by atoms with van der Waals surface area (Å²) in [5, 5.41) is 10.9. The molecular formula is C22H14N4O6. The minimum atomic E-state index is -1.08. The van der Waals surface area contributed by atoms with E-state index in [9.17, 15) is 29.3 Å². The van der Waals surface area contributed by atoms with Crippen LogP contribution < -0.4 is 11.4 Å². The van der Waals surface area contributed by atoms with Crippen molar-refractivity contribution in [3.8, 4) is 5.69 Å². The maximum Gasteiger partial charge on any atom is 0.359 e. The van der Waals surface area contributed by atoms with Gasteiger partial charge in [0.1, 0.15) is 0 Å². The van der Waals surface area contributed by atoms with Crippen LogP contribution in [-0.2, 0) is 0 Å². The summed E-state index contributed by atoms with van der Waals surface area (Å²) in [7, 11) is 0. The van der Waals surface area contributed by atoms with Crippen LogP contribution in [0.4, 0.5) is 5.69 Å². The summed E-state index contributed by atoms with van der Waals surface area (Å²) in [5.74, 6) is -1.75. The van der Waals surface area contributed by atoms with Crippen LogP contribution in [0.2, 0.25) is 0 Å². The van der Waals surface area contributed by atoms with Crippen molar-refractivity contribution in [3.05, 3.63) is 127 Å². The van der Waals surface area contributed by atoms with E-state index in [0.717, 1.165) is 12.1 Å². The lowest BCUT2D eigenvalue weighted by atomic mass is 10.2. The Hall–Kier alpha value is -4.86. The van der Waals surface area contributed by atoms with Crippen LogP contribution in [0.25, 0.3) is 5.69 Å². The van der Waals surface area contributed by atoms with E-state index in [1.807, 2.05) is 0 Å². The van der Waals surface area contributed by atoms with Crippen molar-refractivity contribution in [2.24, 2.45) is 0 Å². The molecule has 0 amide bonds. The van der Waals surface area contributed by atoms with E-state index < -0.39 is 28.1 Å². The number of nitro groups is 1. The third-order valence-corrected chi connectivity index (χ3v) is 4.69. The molecule has 4 rings (SSSR count). The van der Waals surface area contributed by atoms with Crippen LogP contribution >= 0.6 is 0 Å². The Balaban J connectivity index is 1.97. The summed E-state index contributed by atoms with van der Waals surface area (Å²) in [6.07, 6.45) is 0. The smallest absolute Gasteiger partial charge is 0.267 e. The Bertz CT molecular complexity index is 1370. The second kappa shape index (κ2) is 8.11. The van der Waals surface area contributed by atoms with Crippen LogP contribution in [0, 0.1) is 10.1 Å². The van der Waals surface area contributed by atoms with Gasteiger partial charge in [-0.25, -0.2) is 14.2 Å². The minimum absolute atomic E-state index is 0.0279. The number of carbonyl (C=O) groups is 2. The highest BCUT2D eigenvalue weighted by molar-refractivity contribution is 6.00. The number of hydrogen-bond acceptors (Lipinski definition) is 6. The molecule has 32 heavy (non-hydrogen) atoms. The monoisotopic (exact) mass is 430 g/mol. The molecule has 0 aliphatic heterocycles. The van der Waals surface area contributed by atoms with Gasteiger partial charge < -0.3 is 0 Å². The zero-order chi connectivity index (χ0) is 22.8. The second-order valence-electron chi connectivity index (χ2n) is 6.64. The molecule has 0 spiro atoms. The first-order valence-corrected chi connectivity index (χ1v) is 9.31. The molecular weight excluding hydrogens is 416 g/mol. The first-order chi connectivity index (χ1) is 15.4. The minimum Gasteiger partial charge on any atom is -0.267 e. The Labute approximate surface area is 179 Å². The predicted molar refractivity (Wildman–Crippen MR) is 113 cm³/mol. The summed E-state index contributed by atoms with van der Waals surface area (Å²) in [4.78, 5) is 62.9. The Kier molecular flexibility index (Phi) is 5.17. The first-order valence-electron chi connectivity index (χ1n) is 9.31. The molecule has 0 aliphatic carbocycles. The molecule has 10 nitrogen and oxygen atoms in total.